The summed E-state index contributed by atoms with van der Waals surface area (Å²) in [5.74, 6) is -0.895. The van der Waals surface area contributed by atoms with Crippen LogP contribution < -0.4 is 0 Å². The van der Waals surface area contributed by atoms with Crippen molar-refractivity contribution in [3.05, 3.63) is 0 Å². The minimum atomic E-state index is -3.39. The lowest BCUT2D eigenvalue weighted by molar-refractivity contribution is -0.149. The summed E-state index contributed by atoms with van der Waals surface area (Å²) in [5, 5.41) is 17.9. The van der Waals surface area contributed by atoms with Crippen molar-refractivity contribution in [3.63, 3.8) is 0 Å². The maximum Gasteiger partial charge on any atom is 0.311 e. The Bertz CT molecular complexity index is 525. The highest BCUT2D eigenvalue weighted by molar-refractivity contribution is 7.89. The van der Waals surface area contributed by atoms with Crippen molar-refractivity contribution in [2.75, 3.05) is 18.8 Å². The van der Waals surface area contributed by atoms with Crippen molar-refractivity contribution < 1.29 is 18.3 Å². The van der Waals surface area contributed by atoms with E-state index in [9.17, 15) is 18.3 Å². The lowest BCUT2D eigenvalue weighted by Crippen LogP contribution is -2.37. The summed E-state index contributed by atoms with van der Waals surface area (Å²) in [5.41, 5.74) is -0.861. The van der Waals surface area contributed by atoms with Crippen molar-refractivity contribution >= 4 is 16.0 Å². The molecule has 0 aromatic rings. The third-order valence-electron chi connectivity index (χ3n) is 4.60. The van der Waals surface area contributed by atoms with Gasteiger partial charge in [0, 0.05) is 19.5 Å². The fourth-order valence-electron chi connectivity index (χ4n) is 3.42. The monoisotopic (exact) mass is 300 g/mol. The molecule has 1 N–H and O–H groups in total. The number of fused-ring (bicyclic) bond motifs is 1. The van der Waals surface area contributed by atoms with Crippen LogP contribution in [0.2, 0.25) is 0 Å². The van der Waals surface area contributed by atoms with E-state index in [4.69, 9.17) is 5.26 Å². The first-order valence-electron chi connectivity index (χ1n) is 7.00. The van der Waals surface area contributed by atoms with Crippen LogP contribution in [-0.2, 0) is 14.8 Å². The average molecular weight is 300 g/mol. The molecule has 2 atom stereocenters. The van der Waals surface area contributed by atoms with Gasteiger partial charge in [0.25, 0.3) is 0 Å². The van der Waals surface area contributed by atoms with Gasteiger partial charge in [0.05, 0.1) is 17.2 Å². The molecule has 0 radical (unpaired) electrons. The minimum Gasteiger partial charge on any atom is -0.481 e. The maximum atomic E-state index is 12.2. The van der Waals surface area contributed by atoms with Gasteiger partial charge >= 0.3 is 5.97 Å². The Labute approximate surface area is 119 Å². The first-order chi connectivity index (χ1) is 9.42. The fourth-order valence-corrected chi connectivity index (χ4v) is 5.08. The number of aliphatic carboxylic acids is 1. The second-order valence-corrected chi connectivity index (χ2v) is 7.86. The van der Waals surface area contributed by atoms with Crippen molar-refractivity contribution in [1.29, 1.82) is 5.26 Å². The largest absolute Gasteiger partial charge is 0.481 e. The summed E-state index contributed by atoms with van der Waals surface area (Å²) in [6, 6.07) is 1.99. The summed E-state index contributed by atoms with van der Waals surface area (Å²) in [6.45, 7) is 0.459. The Morgan fingerprint density at radius 1 is 1.45 bits per heavy atom. The number of sulfonamides is 1. The SMILES string of the molecule is N#CCCCCS(=O)(=O)N1C[C@@H]2CCC[C@@]2(C(=O)O)C1. The second kappa shape index (κ2) is 5.70. The highest BCUT2D eigenvalue weighted by Crippen LogP contribution is 2.49. The molecule has 0 bridgehead atoms. The lowest BCUT2D eigenvalue weighted by Gasteiger charge is -2.23. The Hall–Kier alpha value is -1.13. The molecular formula is C13H20N2O4S. The van der Waals surface area contributed by atoms with Crippen LogP contribution in [0.5, 0.6) is 0 Å². The minimum absolute atomic E-state index is 0.0110. The number of carboxylic acids is 1. The van der Waals surface area contributed by atoms with Crippen LogP contribution in [0.15, 0.2) is 0 Å². The van der Waals surface area contributed by atoms with E-state index in [1.54, 1.807) is 0 Å². The van der Waals surface area contributed by atoms with Crippen molar-refractivity contribution in [3.8, 4) is 6.07 Å². The molecule has 0 aromatic heterocycles. The second-order valence-electron chi connectivity index (χ2n) is 5.77. The molecule has 7 heteroatoms. The summed E-state index contributed by atoms with van der Waals surface area (Å²) >= 11 is 0. The number of carbonyl (C=O) groups is 1. The van der Waals surface area contributed by atoms with Gasteiger partial charge in [-0.2, -0.15) is 5.26 Å². The third-order valence-corrected chi connectivity index (χ3v) is 6.47. The topological polar surface area (TPSA) is 98.5 Å². The van der Waals surface area contributed by atoms with Crippen LogP contribution in [0.4, 0.5) is 0 Å². The van der Waals surface area contributed by atoms with Gasteiger partial charge in [-0.1, -0.05) is 6.42 Å². The lowest BCUT2D eigenvalue weighted by atomic mass is 9.81. The highest BCUT2D eigenvalue weighted by atomic mass is 32.2. The molecule has 0 unspecified atom stereocenters. The summed E-state index contributed by atoms with van der Waals surface area (Å²) in [6.07, 6.45) is 3.62. The molecule has 0 aromatic carbocycles. The van der Waals surface area contributed by atoms with Crippen molar-refractivity contribution in [1.82, 2.24) is 4.31 Å². The molecule has 0 amide bonds. The van der Waals surface area contributed by atoms with Crippen LogP contribution in [0, 0.1) is 22.7 Å². The van der Waals surface area contributed by atoms with E-state index in [-0.39, 0.29) is 18.2 Å². The third kappa shape index (κ3) is 2.67. The van der Waals surface area contributed by atoms with E-state index >= 15 is 0 Å². The van der Waals surface area contributed by atoms with E-state index in [1.165, 1.54) is 4.31 Å². The van der Waals surface area contributed by atoms with Gasteiger partial charge in [0.1, 0.15) is 0 Å². The van der Waals surface area contributed by atoms with Crippen LogP contribution in [0.1, 0.15) is 38.5 Å². The first kappa shape index (κ1) is 15.3. The van der Waals surface area contributed by atoms with Crippen LogP contribution in [-0.4, -0.2) is 42.6 Å². The molecule has 2 aliphatic rings. The Balaban J connectivity index is 2.01. The van der Waals surface area contributed by atoms with E-state index in [0.717, 1.165) is 12.8 Å². The summed E-state index contributed by atoms with van der Waals surface area (Å²) in [7, 11) is -3.39. The Morgan fingerprint density at radius 3 is 2.80 bits per heavy atom. The van der Waals surface area contributed by atoms with Gasteiger partial charge in [0.15, 0.2) is 0 Å². The molecule has 2 fully saturated rings. The van der Waals surface area contributed by atoms with E-state index < -0.39 is 21.4 Å². The standard InChI is InChI=1S/C13H20N2O4S/c14-7-2-1-3-8-20(18,19)15-9-11-5-4-6-13(11,10-15)12(16)17/h11H,1-6,8-10H2,(H,16,17)/t11-,13+/m0/s1. The molecule has 20 heavy (non-hydrogen) atoms. The van der Waals surface area contributed by atoms with Crippen LogP contribution in [0.25, 0.3) is 0 Å². The number of nitriles is 1. The van der Waals surface area contributed by atoms with Crippen LogP contribution in [0.3, 0.4) is 0 Å². The molecule has 1 saturated carbocycles. The number of nitrogens with zero attached hydrogens (tertiary/aromatic N) is 2. The zero-order valence-corrected chi connectivity index (χ0v) is 12.2. The molecule has 112 valence electrons. The highest BCUT2D eigenvalue weighted by Gasteiger charge is 2.56. The van der Waals surface area contributed by atoms with Gasteiger partial charge in [0.2, 0.25) is 10.0 Å². The molecule has 1 heterocycles. The van der Waals surface area contributed by atoms with Gasteiger partial charge in [-0.15, -0.1) is 0 Å². The zero-order valence-electron chi connectivity index (χ0n) is 11.4. The predicted octanol–water partition coefficient (Wildman–Crippen LogP) is 1.20. The Morgan fingerprint density at radius 2 is 2.20 bits per heavy atom. The average Bonchev–Trinajstić information content (AvgIpc) is 2.92. The van der Waals surface area contributed by atoms with Gasteiger partial charge in [-0.3, -0.25) is 4.79 Å². The van der Waals surface area contributed by atoms with Crippen LogP contribution >= 0.6 is 0 Å². The van der Waals surface area contributed by atoms with E-state index in [2.05, 4.69) is 0 Å². The zero-order chi connectivity index (χ0) is 14.8. The van der Waals surface area contributed by atoms with Crippen molar-refractivity contribution in [2.45, 2.75) is 38.5 Å². The first-order valence-corrected chi connectivity index (χ1v) is 8.61. The normalized spacial score (nSPS) is 30.1. The smallest absolute Gasteiger partial charge is 0.311 e. The quantitative estimate of drug-likeness (QED) is 0.743. The van der Waals surface area contributed by atoms with Gasteiger partial charge < -0.3 is 5.11 Å². The molecule has 1 saturated heterocycles. The number of hydrogen-bond acceptors (Lipinski definition) is 4. The number of hydrogen-bond donors (Lipinski definition) is 1. The molecule has 6 nitrogen and oxygen atoms in total. The van der Waals surface area contributed by atoms with Crippen molar-refractivity contribution in [2.24, 2.45) is 11.3 Å². The van der Waals surface area contributed by atoms with Gasteiger partial charge in [-0.05, 0) is 31.6 Å². The summed E-state index contributed by atoms with van der Waals surface area (Å²) < 4.78 is 25.8. The molecule has 1 aliphatic heterocycles. The Kier molecular flexibility index (Phi) is 4.35. The predicted molar refractivity (Wildman–Crippen MR) is 72.2 cm³/mol. The fraction of sp³-hybridized carbons (Fsp3) is 0.846. The summed E-state index contributed by atoms with van der Waals surface area (Å²) in [4.78, 5) is 11.5. The van der Waals surface area contributed by atoms with Gasteiger partial charge in [-0.25, -0.2) is 12.7 Å². The molecule has 1 aliphatic carbocycles. The van der Waals surface area contributed by atoms with E-state index in [1.807, 2.05) is 6.07 Å². The molecule has 0 spiro atoms. The number of rotatable bonds is 6. The number of carboxylic acid groups (broad SMARTS) is 1. The number of unbranched alkanes of at least 4 members (excludes halogenated alkanes) is 2. The maximum absolute atomic E-state index is 12.2. The molecule has 2 rings (SSSR count). The molecular weight excluding hydrogens is 280 g/mol. The van der Waals surface area contributed by atoms with E-state index in [0.29, 0.717) is 32.2 Å².